The third-order valence-corrected chi connectivity index (χ3v) is 4.58. The number of hydrogen-bond acceptors (Lipinski definition) is 3. The molecule has 1 fully saturated rings. The minimum absolute atomic E-state index is 0.0779. The second kappa shape index (κ2) is 7.59. The summed E-state index contributed by atoms with van der Waals surface area (Å²) in [6, 6.07) is 9.10. The van der Waals surface area contributed by atoms with E-state index in [4.69, 9.17) is 0 Å². The van der Waals surface area contributed by atoms with Crippen molar-refractivity contribution in [3.05, 3.63) is 63.8 Å². The van der Waals surface area contributed by atoms with Gasteiger partial charge in [0.1, 0.15) is 11.5 Å². The van der Waals surface area contributed by atoms with Crippen LogP contribution in [0.2, 0.25) is 0 Å². The lowest BCUT2D eigenvalue weighted by atomic mass is 10.0. The zero-order valence-corrected chi connectivity index (χ0v) is 14.3. The number of hydrogen-bond donors (Lipinski definition) is 0. The van der Waals surface area contributed by atoms with E-state index >= 15 is 0 Å². The summed E-state index contributed by atoms with van der Waals surface area (Å²) < 4.78 is 14.5. The number of aromatic nitrogens is 2. The number of benzene rings is 1. The number of likely N-dealkylation sites (tertiary alicyclic amines) is 1. The molecule has 0 radical (unpaired) electrons. The Hall–Kier alpha value is -2.50. The van der Waals surface area contributed by atoms with Crippen molar-refractivity contribution in [1.29, 1.82) is 0 Å². The van der Waals surface area contributed by atoms with Gasteiger partial charge in [0.15, 0.2) is 0 Å². The molecule has 1 atom stereocenters. The molecule has 6 heteroatoms. The number of carbonyl (C=O) groups is 1. The SMILES string of the molecule is CCCCn1nc(C(=O)N2CCC[C@H]2c2ccc(F)cc2)ccc1=O. The van der Waals surface area contributed by atoms with E-state index in [-0.39, 0.29) is 29.0 Å². The molecule has 2 aromatic rings. The van der Waals surface area contributed by atoms with Crippen molar-refractivity contribution in [3.8, 4) is 0 Å². The van der Waals surface area contributed by atoms with Gasteiger partial charge in [-0.1, -0.05) is 25.5 Å². The van der Waals surface area contributed by atoms with Crippen molar-refractivity contribution < 1.29 is 9.18 Å². The first-order valence-electron chi connectivity index (χ1n) is 8.74. The molecule has 0 saturated carbocycles. The normalized spacial score (nSPS) is 17.0. The van der Waals surface area contributed by atoms with Crippen LogP contribution in [0.4, 0.5) is 4.39 Å². The van der Waals surface area contributed by atoms with Gasteiger partial charge in [-0.25, -0.2) is 9.07 Å². The standard InChI is InChI=1S/C19H22FN3O2/c1-2-3-13-23-18(24)11-10-16(21-23)19(25)22-12-4-5-17(22)14-6-8-15(20)9-7-14/h6-11,17H,2-5,12-13H2,1H3/t17-/m0/s1. The van der Waals surface area contributed by atoms with Gasteiger partial charge in [0.25, 0.3) is 11.5 Å². The molecule has 0 N–H and O–H groups in total. The summed E-state index contributed by atoms with van der Waals surface area (Å²) in [5.74, 6) is -0.471. The Morgan fingerprint density at radius 2 is 2.00 bits per heavy atom. The first-order chi connectivity index (χ1) is 12.1. The molecule has 0 aliphatic carbocycles. The molecule has 1 saturated heterocycles. The molecule has 0 spiro atoms. The fourth-order valence-electron chi connectivity index (χ4n) is 3.22. The van der Waals surface area contributed by atoms with Gasteiger partial charge in [-0.3, -0.25) is 9.59 Å². The molecule has 132 valence electrons. The number of carbonyl (C=O) groups excluding carboxylic acids is 1. The first kappa shape index (κ1) is 17.3. The Balaban J connectivity index is 1.84. The molecule has 1 aliphatic heterocycles. The molecule has 0 bridgehead atoms. The molecular weight excluding hydrogens is 321 g/mol. The Labute approximate surface area is 146 Å². The minimum atomic E-state index is -0.288. The lowest BCUT2D eigenvalue weighted by Gasteiger charge is -2.25. The Kier molecular flexibility index (Phi) is 5.26. The predicted molar refractivity (Wildman–Crippen MR) is 92.8 cm³/mol. The largest absolute Gasteiger partial charge is 0.330 e. The monoisotopic (exact) mass is 343 g/mol. The average Bonchev–Trinajstić information content (AvgIpc) is 3.11. The number of amides is 1. The summed E-state index contributed by atoms with van der Waals surface area (Å²) in [5.41, 5.74) is 1.01. The summed E-state index contributed by atoms with van der Waals surface area (Å²) in [5, 5.41) is 4.25. The van der Waals surface area contributed by atoms with Gasteiger partial charge < -0.3 is 4.90 Å². The van der Waals surface area contributed by atoms with E-state index in [0.29, 0.717) is 13.1 Å². The second-order valence-corrected chi connectivity index (χ2v) is 6.34. The van der Waals surface area contributed by atoms with Crippen LogP contribution in [0.3, 0.4) is 0 Å². The number of aryl methyl sites for hydroxylation is 1. The summed E-state index contributed by atoms with van der Waals surface area (Å²) in [7, 11) is 0. The van der Waals surface area contributed by atoms with Gasteiger partial charge in [0.2, 0.25) is 0 Å². The van der Waals surface area contributed by atoms with E-state index in [9.17, 15) is 14.0 Å². The predicted octanol–water partition coefficient (Wildman–Crippen LogP) is 3.16. The van der Waals surface area contributed by atoms with Crippen LogP contribution in [0.25, 0.3) is 0 Å². The van der Waals surface area contributed by atoms with E-state index < -0.39 is 0 Å². The Morgan fingerprint density at radius 3 is 2.72 bits per heavy atom. The van der Waals surface area contributed by atoms with Gasteiger partial charge in [-0.05, 0) is 43.0 Å². The maximum Gasteiger partial charge on any atom is 0.274 e. The quantitative estimate of drug-likeness (QED) is 0.838. The minimum Gasteiger partial charge on any atom is -0.330 e. The summed E-state index contributed by atoms with van der Waals surface area (Å²) in [4.78, 5) is 26.6. The van der Waals surface area contributed by atoms with Crippen molar-refractivity contribution in [3.63, 3.8) is 0 Å². The molecule has 1 aliphatic rings. The van der Waals surface area contributed by atoms with Gasteiger partial charge in [-0.2, -0.15) is 5.10 Å². The van der Waals surface area contributed by atoms with Gasteiger partial charge in [0, 0.05) is 19.2 Å². The highest BCUT2D eigenvalue weighted by Crippen LogP contribution is 2.32. The molecule has 0 unspecified atom stereocenters. The lowest BCUT2D eigenvalue weighted by molar-refractivity contribution is 0.0726. The van der Waals surface area contributed by atoms with Crippen molar-refractivity contribution in [2.24, 2.45) is 0 Å². The van der Waals surface area contributed by atoms with Crippen LogP contribution in [0.1, 0.15) is 54.7 Å². The van der Waals surface area contributed by atoms with Crippen molar-refractivity contribution in [2.45, 2.75) is 45.2 Å². The summed E-state index contributed by atoms with van der Waals surface area (Å²) in [6.07, 6.45) is 3.52. The molecule has 3 rings (SSSR count). The summed E-state index contributed by atoms with van der Waals surface area (Å²) >= 11 is 0. The molecule has 2 heterocycles. The van der Waals surface area contributed by atoms with E-state index in [1.165, 1.54) is 28.9 Å². The molecule has 1 amide bonds. The van der Waals surface area contributed by atoms with E-state index in [1.54, 1.807) is 17.0 Å². The average molecular weight is 343 g/mol. The highest BCUT2D eigenvalue weighted by molar-refractivity contribution is 5.92. The number of unbranched alkanes of at least 4 members (excludes halogenated alkanes) is 1. The lowest BCUT2D eigenvalue weighted by Crippen LogP contribution is -2.33. The smallest absolute Gasteiger partial charge is 0.274 e. The maximum atomic E-state index is 13.2. The van der Waals surface area contributed by atoms with Crippen LogP contribution >= 0.6 is 0 Å². The molecular formula is C19H22FN3O2. The Bertz CT molecular complexity index is 801. The van der Waals surface area contributed by atoms with Gasteiger partial charge in [0.05, 0.1) is 6.04 Å². The number of halogens is 1. The zero-order valence-electron chi connectivity index (χ0n) is 14.3. The fraction of sp³-hybridized carbons (Fsp3) is 0.421. The maximum absolute atomic E-state index is 13.2. The van der Waals surface area contributed by atoms with Crippen molar-refractivity contribution in [1.82, 2.24) is 14.7 Å². The second-order valence-electron chi connectivity index (χ2n) is 6.34. The molecule has 1 aromatic carbocycles. The summed E-state index contributed by atoms with van der Waals surface area (Å²) in [6.45, 7) is 3.19. The highest BCUT2D eigenvalue weighted by atomic mass is 19.1. The van der Waals surface area contributed by atoms with Crippen LogP contribution in [0.5, 0.6) is 0 Å². The third-order valence-electron chi connectivity index (χ3n) is 4.58. The first-order valence-corrected chi connectivity index (χ1v) is 8.74. The van der Waals surface area contributed by atoms with E-state index in [0.717, 1.165) is 31.2 Å². The van der Waals surface area contributed by atoms with Crippen molar-refractivity contribution in [2.75, 3.05) is 6.54 Å². The molecule has 1 aromatic heterocycles. The van der Waals surface area contributed by atoms with Crippen molar-refractivity contribution >= 4 is 5.91 Å². The van der Waals surface area contributed by atoms with Crippen LogP contribution in [0, 0.1) is 5.82 Å². The van der Waals surface area contributed by atoms with Gasteiger partial charge >= 0.3 is 0 Å². The highest BCUT2D eigenvalue weighted by Gasteiger charge is 2.31. The number of nitrogens with zero attached hydrogens (tertiary/aromatic N) is 3. The third kappa shape index (κ3) is 3.78. The molecule has 5 nitrogen and oxygen atoms in total. The van der Waals surface area contributed by atoms with Crippen LogP contribution in [-0.4, -0.2) is 27.1 Å². The number of rotatable bonds is 5. The van der Waals surface area contributed by atoms with E-state index in [2.05, 4.69) is 5.10 Å². The zero-order chi connectivity index (χ0) is 17.8. The molecule has 25 heavy (non-hydrogen) atoms. The van der Waals surface area contributed by atoms with Crippen LogP contribution in [0.15, 0.2) is 41.2 Å². The van der Waals surface area contributed by atoms with Crippen LogP contribution in [-0.2, 0) is 6.54 Å². The Morgan fingerprint density at radius 1 is 1.24 bits per heavy atom. The topological polar surface area (TPSA) is 55.2 Å². The van der Waals surface area contributed by atoms with Gasteiger partial charge in [-0.15, -0.1) is 0 Å². The van der Waals surface area contributed by atoms with Crippen LogP contribution < -0.4 is 5.56 Å². The fourth-order valence-corrected chi connectivity index (χ4v) is 3.22. The van der Waals surface area contributed by atoms with E-state index in [1.807, 2.05) is 6.92 Å².